The first-order valence-corrected chi connectivity index (χ1v) is 16.4. The summed E-state index contributed by atoms with van der Waals surface area (Å²) >= 11 is 0. The molecule has 4 atom stereocenters. The lowest BCUT2D eigenvalue weighted by Gasteiger charge is -2.42. The maximum atomic E-state index is 14.0. The zero-order chi connectivity index (χ0) is 31.9. The summed E-state index contributed by atoms with van der Waals surface area (Å²) in [5.41, 5.74) is 0.868. The van der Waals surface area contributed by atoms with Crippen LogP contribution in [0.4, 0.5) is 10.5 Å². The van der Waals surface area contributed by atoms with E-state index in [2.05, 4.69) is 28.0 Å². The highest BCUT2D eigenvalue weighted by Crippen LogP contribution is 2.58. The molecule has 11 heteroatoms. The fourth-order valence-electron chi connectivity index (χ4n) is 7.50. The number of nitrogens with zero attached hydrogens (tertiary/aromatic N) is 3. The lowest BCUT2D eigenvalue weighted by molar-refractivity contribution is -0.127. The summed E-state index contributed by atoms with van der Waals surface area (Å²) in [5, 5.41) is 13.5. The third-order valence-corrected chi connectivity index (χ3v) is 11.0. The molecule has 4 aliphatic rings. The number of carbonyl (C=O) groups is 4. The molecular weight excluding hydrogens is 572 g/mol. The van der Waals surface area contributed by atoms with E-state index in [9.17, 15) is 19.2 Å². The Bertz CT molecular complexity index is 1440. The molecule has 0 radical (unpaired) electrons. The predicted octanol–water partition coefficient (Wildman–Crippen LogP) is 4.00. The van der Waals surface area contributed by atoms with Gasteiger partial charge in [-0.25, -0.2) is 4.79 Å². The molecule has 0 bridgehead atoms. The second-order valence-corrected chi connectivity index (χ2v) is 14.1. The molecule has 2 aromatic rings. The molecule has 3 saturated carbocycles. The number of ether oxygens (including phenoxy) is 1. The monoisotopic (exact) mass is 618 g/mol. The number of aromatic nitrogens is 2. The summed E-state index contributed by atoms with van der Waals surface area (Å²) in [6, 6.07) is 8.38. The summed E-state index contributed by atoms with van der Waals surface area (Å²) < 4.78 is 6.48. The Labute approximate surface area is 264 Å². The van der Waals surface area contributed by atoms with E-state index in [-0.39, 0.29) is 41.6 Å². The SMILES string of the molecule is COC(=O)N1CCC(C(=O)NC(C)C2CC2)(c2ccc(NC(=O)[C@@H](NC(=O)c3ccnn3C)C(C3CCC3)C3(C)CC3)cc2)C1. The van der Waals surface area contributed by atoms with Gasteiger partial charge in [-0.3, -0.25) is 19.1 Å². The van der Waals surface area contributed by atoms with E-state index < -0.39 is 17.6 Å². The average Bonchev–Trinajstić information content (AvgIpc) is 3.90. The molecular formula is C34H46N6O5. The van der Waals surface area contributed by atoms with E-state index in [1.807, 2.05) is 31.2 Å². The minimum atomic E-state index is -0.921. The Balaban J connectivity index is 1.23. The minimum absolute atomic E-state index is 0.0159. The summed E-state index contributed by atoms with van der Waals surface area (Å²) in [4.78, 5) is 55.2. The largest absolute Gasteiger partial charge is 0.453 e. The first kappa shape index (κ1) is 31.1. The van der Waals surface area contributed by atoms with Crippen LogP contribution in [0.15, 0.2) is 36.5 Å². The van der Waals surface area contributed by atoms with Gasteiger partial charge in [0.2, 0.25) is 11.8 Å². The van der Waals surface area contributed by atoms with E-state index in [1.54, 1.807) is 24.2 Å². The number of rotatable bonds is 11. The summed E-state index contributed by atoms with van der Waals surface area (Å²) in [6.45, 7) is 4.90. The van der Waals surface area contributed by atoms with Gasteiger partial charge < -0.3 is 25.6 Å². The number of anilines is 1. The van der Waals surface area contributed by atoms with Crippen molar-refractivity contribution in [2.75, 3.05) is 25.5 Å². The van der Waals surface area contributed by atoms with Crippen molar-refractivity contribution >= 4 is 29.5 Å². The average molecular weight is 619 g/mol. The Morgan fingerprint density at radius 1 is 0.978 bits per heavy atom. The van der Waals surface area contributed by atoms with Gasteiger partial charge in [0, 0.05) is 38.1 Å². The topological polar surface area (TPSA) is 135 Å². The van der Waals surface area contributed by atoms with Crippen LogP contribution in [0, 0.1) is 23.2 Å². The zero-order valence-electron chi connectivity index (χ0n) is 26.8. The van der Waals surface area contributed by atoms with Crippen molar-refractivity contribution in [3.05, 3.63) is 47.8 Å². The summed E-state index contributed by atoms with van der Waals surface area (Å²) in [7, 11) is 3.06. The van der Waals surface area contributed by atoms with Gasteiger partial charge >= 0.3 is 6.09 Å². The van der Waals surface area contributed by atoms with Gasteiger partial charge in [-0.15, -0.1) is 0 Å². The van der Waals surface area contributed by atoms with Crippen molar-refractivity contribution in [3.8, 4) is 0 Å². The number of hydrogen-bond donors (Lipinski definition) is 3. The highest BCUT2D eigenvalue weighted by molar-refractivity contribution is 6.01. The maximum absolute atomic E-state index is 14.0. The van der Waals surface area contributed by atoms with Crippen LogP contribution in [0.2, 0.25) is 0 Å². The zero-order valence-corrected chi connectivity index (χ0v) is 26.8. The molecule has 242 valence electrons. The molecule has 3 unspecified atom stereocenters. The van der Waals surface area contributed by atoms with E-state index in [0.717, 1.165) is 50.5 Å². The Kier molecular flexibility index (Phi) is 8.39. The second-order valence-electron chi connectivity index (χ2n) is 14.1. The maximum Gasteiger partial charge on any atom is 0.409 e. The van der Waals surface area contributed by atoms with Crippen LogP contribution >= 0.6 is 0 Å². The molecule has 11 nitrogen and oxygen atoms in total. The summed E-state index contributed by atoms with van der Waals surface area (Å²) in [5.74, 6) is 0.263. The first-order chi connectivity index (χ1) is 21.5. The standard InChI is InChI=1S/C34H46N6O5/c1-21(22-8-9-22)36-31(43)34(17-19-40(20-34)32(44)45-4)24-10-12-25(13-11-24)37-30(42)28(38-29(41)26-14-18-35-39(26)3)27(23-6-5-7-23)33(2)15-16-33/h10-14,18,21-23,27-28H,5-9,15-17,19-20H2,1-4H3,(H,36,43)(H,37,42)(H,38,41)/t21?,27?,28-,34?/m0/s1. The Morgan fingerprint density at radius 3 is 2.24 bits per heavy atom. The number of carbonyl (C=O) groups excluding carboxylic acids is 4. The van der Waals surface area contributed by atoms with Crippen LogP contribution in [0.3, 0.4) is 0 Å². The molecule has 45 heavy (non-hydrogen) atoms. The molecule has 1 aromatic heterocycles. The van der Waals surface area contributed by atoms with Crippen LogP contribution < -0.4 is 16.0 Å². The van der Waals surface area contributed by atoms with Crippen molar-refractivity contribution in [3.63, 3.8) is 0 Å². The van der Waals surface area contributed by atoms with Gasteiger partial charge in [0.25, 0.3) is 5.91 Å². The van der Waals surface area contributed by atoms with Crippen LogP contribution in [0.5, 0.6) is 0 Å². The third kappa shape index (κ3) is 6.18. The number of hydrogen-bond acceptors (Lipinski definition) is 6. The molecule has 0 spiro atoms. The number of amides is 4. The smallest absolute Gasteiger partial charge is 0.409 e. The van der Waals surface area contributed by atoms with Crippen molar-refractivity contribution in [2.24, 2.45) is 30.2 Å². The number of nitrogens with one attached hydrogen (secondary N) is 3. The van der Waals surface area contributed by atoms with Crippen molar-refractivity contribution < 1.29 is 23.9 Å². The summed E-state index contributed by atoms with van der Waals surface area (Å²) in [6.07, 6.45) is 9.17. The van der Waals surface area contributed by atoms with Crippen molar-refractivity contribution in [1.29, 1.82) is 0 Å². The van der Waals surface area contributed by atoms with E-state index in [0.29, 0.717) is 36.2 Å². The van der Waals surface area contributed by atoms with Crippen molar-refractivity contribution in [2.45, 2.75) is 82.7 Å². The van der Waals surface area contributed by atoms with Crippen LogP contribution in [-0.2, 0) is 26.8 Å². The van der Waals surface area contributed by atoms with Gasteiger partial charge in [-0.2, -0.15) is 5.10 Å². The molecule has 3 N–H and O–H groups in total. The molecule has 4 fully saturated rings. The number of benzene rings is 1. The van der Waals surface area contributed by atoms with E-state index >= 15 is 0 Å². The fourth-order valence-corrected chi connectivity index (χ4v) is 7.50. The normalized spacial score (nSPS) is 24.1. The van der Waals surface area contributed by atoms with Crippen LogP contribution in [0.25, 0.3) is 0 Å². The van der Waals surface area contributed by atoms with Gasteiger partial charge in [0.1, 0.15) is 11.7 Å². The van der Waals surface area contributed by atoms with Crippen LogP contribution in [-0.4, -0.2) is 70.8 Å². The molecule has 1 saturated heterocycles. The van der Waals surface area contributed by atoms with Gasteiger partial charge in [0.15, 0.2) is 0 Å². The molecule has 2 heterocycles. The molecule has 6 rings (SSSR count). The van der Waals surface area contributed by atoms with Gasteiger partial charge in [-0.05, 0) is 86.0 Å². The first-order valence-electron chi connectivity index (χ1n) is 16.4. The Hall–Kier alpha value is -3.89. The van der Waals surface area contributed by atoms with E-state index in [1.165, 1.54) is 11.8 Å². The Morgan fingerprint density at radius 2 is 1.69 bits per heavy atom. The predicted molar refractivity (Wildman–Crippen MR) is 168 cm³/mol. The lowest BCUT2D eigenvalue weighted by atomic mass is 9.66. The molecule has 1 aliphatic heterocycles. The number of methoxy groups -OCH3 is 1. The number of aryl methyl sites for hydroxylation is 1. The van der Waals surface area contributed by atoms with Gasteiger partial charge in [-0.1, -0.05) is 38.3 Å². The lowest BCUT2D eigenvalue weighted by Crippen LogP contribution is -2.54. The molecule has 1 aromatic carbocycles. The van der Waals surface area contributed by atoms with Gasteiger partial charge in [0.05, 0.1) is 12.5 Å². The third-order valence-electron chi connectivity index (χ3n) is 11.0. The second kappa shape index (κ2) is 12.1. The van der Waals surface area contributed by atoms with Crippen LogP contribution in [0.1, 0.15) is 81.3 Å². The molecule has 3 aliphatic carbocycles. The van der Waals surface area contributed by atoms with E-state index in [4.69, 9.17) is 4.74 Å². The molecule has 4 amide bonds. The minimum Gasteiger partial charge on any atom is -0.453 e. The van der Waals surface area contributed by atoms with Crippen molar-refractivity contribution in [1.82, 2.24) is 25.3 Å². The quantitative estimate of drug-likeness (QED) is 0.349. The highest BCUT2D eigenvalue weighted by atomic mass is 16.5. The fraction of sp³-hybridized carbons (Fsp3) is 0.618. The highest BCUT2D eigenvalue weighted by Gasteiger charge is 2.54. The number of likely N-dealkylation sites (tertiary alicyclic amines) is 1.